The van der Waals surface area contributed by atoms with Gasteiger partial charge in [-0.2, -0.15) is 0 Å². The molecule has 88 valence electrons. The first-order valence-corrected chi connectivity index (χ1v) is 5.56. The van der Waals surface area contributed by atoms with Crippen LogP contribution in [0.1, 0.15) is 22.3 Å². The number of rotatable bonds is 2. The molecular weight excluding hydrogens is 218 g/mol. The minimum Gasteiger partial charge on any atom is -0.204 e. The average Bonchev–Trinajstić information content (AvgIpc) is 2.29. The molecule has 0 N–H and O–H groups in total. The zero-order chi connectivity index (χ0) is 12.4. The molecule has 2 aromatic rings. The maximum atomic E-state index is 13.1. The number of halogens is 2. The molecule has 2 aromatic carbocycles. The predicted octanol–water partition coefficient (Wildman–Crippen LogP) is 4.17. The van der Waals surface area contributed by atoms with E-state index in [0.717, 1.165) is 11.1 Å². The van der Waals surface area contributed by atoms with Crippen molar-refractivity contribution in [3.05, 3.63) is 70.3 Å². The Kier molecular flexibility index (Phi) is 3.23. The first kappa shape index (κ1) is 11.8. The summed E-state index contributed by atoms with van der Waals surface area (Å²) in [5, 5.41) is 0. The lowest BCUT2D eigenvalue weighted by Gasteiger charge is -2.07. The van der Waals surface area contributed by atoms with Gasteiger partial charge < -0.3 is 0 Å². The Bertz CT molecular complexity index is 545. The van der Waals surface area contributed by atoms with Crippen molar-refractivity contribution >= 4 is 0 Å². The quantitative estimate of drug-likeness (QED) is 0.729. The van der Waals surface area contributed by atoms with E-state index in [2.05, 4.69) is 6.07 Å². The fourth-order valence-electron chi connectivity index (χ4n) is 1.86. The van der Waals surface area contributed by atoms with Gasteiger partial charge in [-0.05, 0) is 49.1 Å². The summed E-state index contributed by atoms with van der Waals surface area (Å²) in [5.41, 5.74) is 4.28. The zero-order valence-electron chi connectivity index (χ0n) is 9.93. The summed E-state index contributed by atoms with van der Waals surface area (Å²) in [6.07, 6.45) is 0.630. The van der Waals surface area contributed by atoms with E-state index in [0.29, 0.717) is 6.42 Å². The molecule has 0 bridgehead atoms. The first-order chi connectivity index (χ1) is 8.06. The van der Waals surface area contributed by atoms with E-state index in [1.54, 1.807) is 6.07 Å². The molecule has 0 fully saturated rings. The average molecular weight is 232 g/mol. The number of benzene rings is 2. The number of aryl methyl sites for hydroxylation is 2. The van der Waals surface area contributed by atoms with Gasteiger partial charge in [0.25, 0.3) is 0 Å². The van der Waals surface area contributed by atoms with E-state index >= 15 is 0 Å². The van der Waals surface area contributed by atoms with Crippen molar-refractivity contribution in [1.29, 1.82) is 0 Å². The van der Waals surface area contributed by atoms with Crippen molar-refractivity contribution in [2.24, 2.45) is 0 Å². The molecule has 0 aromatic heterocycles. The van der Waals surface area contributed by atoms with Gasteiger partial charge in [-0.25, -0.2) is 8.78 Å². The van der Waals surface area contributed by atoms with Crippen molar-refractivity contribution in [2.75, 3.05) is 0 Å². The van der Waals surface area contributed by atoms with Crippen molar-refractivity contribution in [1.82, 2.24) is 0 Å². The molecule has 0 aliphatic heterocycles. The zero-order valence-corrected chi connectivity index (χ0v) is 9.93. The van der Waals surface area contributed by atoms with Gasteiger partial charge in [0.15, 0.2) is 11.6 Å². The van der Waals surface area contributed by atoms with Crippen LogP contribution in [0.5, 0.6) is 0 Å². The minimum absolute atomic E-state index is 0.630. The Morgan fingerprint density at radius 1 is 0.882 bits per heavy atom. The van der Waals surface area contributed by atoms with Crippen molar-refractivity contribution in [2.45, 2.75) is 20.3 Å². The summed E-state index contributed by atoms with van der Waals surface area (Å²) >= 11 is 0. The van der Waals surface area contributed by atoms with Crippen molar-refractivity contribution < 1.29 is 8.78 Å². The molecule has 0 atom stereocenters. The molecule has 2 rings (SSSR count). The van der Waals surface area contributed by atoms with Crippen LogP contribution in [0.2, 0.25) is 0 Å². The Hall–Kier alpha value is -1.70. The predicted molar refractivity (Wildman–Crippen MR) is 65.1 cm³/mol. The smallest absolute Gasteiger partial charge is 0.159 e. The Morgan fingerprint density at radius 3 is 2.35 bits per heavy atom. The van der Waals surface area contributed by atoms with Gasteiger partial charge in [0.1, 0.15) is 0 Å². The van der Waals surface area contributed by atoms with Crippen LogP contribution in [0, 0.1) is 25.5 Å². The van der Waals surface area contributed by atoms with Crippen molar-refractivity contribution in [3.63, 3.8) is 0 Å². The SMILES string of the molecule is Cc1ccc(C)c(Cc2ccc(F)c(F)c2)c1. The third kappa shape index (κ3) is 2.70. The van der Waals surface area contributed by atoms with E-state index in [9.17, 15) is 8.78 Å². The fraction of sp³-hybridized carbons (Fsp3) is 0.200. The number of hydrogen-bond acceptors (Lipinski definition) is 0. The maximum absolute atomic E-state index is 13.1. The second kappa shape index (κ2) is 4.66. The highest BCUT2D eigenvalue weighted by molar-refractivity contribution is 5.35. The van der Waals surface area contributed by atoms with E-state index in [4.69, 9.17) is 0 Å². The lowest BCUT2D eigenvalue weighted by Crippen LogP contribution is -1.94. The molecule has 0 saturated carbocycles. The highest BCUT2D eigenvalue weighted by Crippen LogP contribution is 2.17. The first-order valence-electron chi connectivity index (χ1n) is 5.56. The van der Waals surface area contributed by atoms with Gasteiger partial charge >= 0.3 is 0 Å². The van der Waals surface area contributed by atoms with E-state index in [1.165, 1.54) is 23.3 Å². The summed E-state index contributed by atoms with van der Waals surface area (Å²) < 4.78 is 25.9. The number of hydrogen-bond donors (Lipinski definition) is 0. The molecule has 0 spiro atoms. The molecule has 0 unspecified atom stereocenters. The lowest BCUT2D eigenvalue weighted by molar-refractivity contribution is 0.507. The largest absolute Gasteiger partial charge is 0.204 e. The molecule has 0 nitrogen and oxygen atoms in total. The molecule has 0 saturated heterocycles. The molecule has 0 aliphatic carbocycles. The normalized spacial score (nSPS) is 10.6. The van der Waals surface area contributed by atoms with Crippen LogP contribution < -0.4 is 0 Å². The van der Waals surface area contributed by atoms with Gasteiger partial charge in [0, 0.05) is 0 Å². The monoisotopic (exact) mass is 232 g/mol. The van der Waals surface area contributed by atoms with Gasteiger partial charge in [0.05, 0.1) is 0 Å². The summed E-state index contributed by atoms with van der Waals surface area (Å²) in [5.74, 6) is -1.58. The molecular formula is C15H14F2. The lowest BCUT2D eigenvalue weighted by atomic mass is 9.98. The molecule has 2 heteroatoms. The summed E-state index contributed by atoms with van der Waals surface area (Å²) in [7, 11) is 0. The Labute approximate surface area is 99.9 Å². The molecule has 0 heterocycles. The maximum Gasteiger partial charge on any atom is 0.159 e. The van der Waals surface area contributed by atoms with Crippen LogP contribution in [0.15, 0.2) is 36.4 Å². The van der Waals surface area contributed by atoms with Gasteiger partial charge in [-0.1, -0.05) is 29.8 Å². The van der Waals surface area contributed by atoms with Crippen molar-refractivity contribution in [3.8, 4) is 0 Å². The van der Waals surface area contributed by atoms with Crippen LogP contribution in [0.4, 0.5) is 8.78 Å². The van der Waals surface area contributed by atoms with E-state index in [1.807, 2.05) is 26.0 Å². The molecule has 0 aliphatic rings. The Balaban J connectivity index is 2.31. The summed E-state index contributed by atoms with van der Waals surface area (Å²) in [6, 6.07) is 10.2. The Morgan fingerprint density at radius 2 is 1.65 bits per heavy atom. The third-order valence-electron chi connectivity index (χ3n) is 2.88. The van der Waals surface area contributed by atoms with Gasteiger partial charge in [-0.15, -0.1) is 0 Å². The molecule has 17 heavy (non-hydrogen) atoms. The minimum atomic E-state index is -0.797. The van der Waals surface area contributed by atoms with E-state index in [-0.39, 0.29) is 0 Å². The van der Waals surface area contributed by atoms with Crippen LogP contribution >= 0.6 is 0 Å². The second-order valence-electron chi connectivity index (χ2n) is 4.36. The standard InChI is InChI=1S/C15H14F2/c1-10-3-4-11(2)13(7-10)8-12-5-6-14(16)15(17)9-12/h3-7,9H,8H2,1-2H3. The van der Waals surface area contributed by atoms with Crippen LogP contribution in [0.25, 0.3) is 0 Å². The third-order valence-corrected chi connectivity index (χ3v) is 2.88. The summed E-state index contributed by atoms with van der Waals surface area (Å²) in [6.45, 7) is 4.04. The van der Waals surface area contributed by atoms with Crippen LogP contribution in [-0.2, 0) is 6.42 Å². The topological polar surface area (TPSA) is 0 Å². The molecule has 0 radical (unpaired) electrons. The van der Waals surface area contributed by atoms with Crippen LogP contribution in [0.3, 0.4) is 0 Å². The highest BCUT2D eigenvalue weighted by Gasteiger charge is 2.05. The van der Waals surface area contributed by atoms with Gasteiger partial charge in [0.2, 0.25) is 0 Å². The van der Waals surface area contributed by atoms with E-state index < -0.39 is 11.6 Å². The highest BCUT2D eigenvalue weighted by atomic mass is 19.2. The molecule has 0 amide bonds. The van der Waals surface area contributed by atoms with Gasteiger partial charge in [-0.3, -0.25) is 0 Å². The second-order valence-corrected chi connectivity index (χ2v) is 4.36. The van der Waals surface area contributed by atoms with Crippen LogP contribution in [-0.4, -0.2) is 0 Å². The summed E-state index contributed by atoms with van der Waals surface area (Å²) in [4.78, 5) is 0. The fourth-order valence-corrected chi connectivity index (χ4v) is 1.86.